The van der Waals surface area contributed by atoms with Crippen molar-refractivity contribution >= 4 is 40.6 Å². The van der Waals surface area contributed by atoms with Gasteiger partial charge in [0.25, 0.3) is 11.6 Å². The summed E-state index contributed by atoms with van der Waals surface area (Å²) in [4.78, 5) is 40.9. The summed E-state index contributed by atoms with van der Waals surface area (Å²) in [5, 5.41) is 14.6. The highest BCUT2D eigenvalue weighted by Crippen LogP contribution is 2.33. The molecule has 2 aromatic rings. The van der Waals surface area contributed by atoms with Crippen LogP contribution in [0.5, 0.6) is 0 Å². The van der Waals surface area contributed by atoms with Crippen molar-refractivity contribution in [3.8, 4) is 0 Å². The predicted octanol–water partition coefficient (Wildman–Crippen LogP) is 3.97. The first-order chi connectivity index (χ1) is 15.3. The van der Waals surface area contributed by atoms with Crippen LogP contribution >= 0.6 is 11.8 Å². The number of carbonyl (C=O) groups is 2. The van der Waals surface area contributed by atoms with Gasteiger partial charge in [-0.2, -0.15) is 0 Å². The lowest BCUT2D eigenvalue weighted by Gasteiger charge is -2.24. The summed E-state index contributed by atoms with van der Waals surface area (Å²) < 4.78 is 0. The van der Waals surface area contributed by atoms with Crippen molar-refractivity contribution in [1.82, 2.24) is 4.90 Å². The summed E-state index contributed by atoms with van der Waals surface area (Å²) >= 11 is 1.49. The van der Waals surface area contributed by atoms with Crippen molar-refractivity contribution in [2.75, 3.05) is 34.9 Å². The van der Waals surface area contributed by atoms with E-state index in [0.717, 1.165) is 37.1 Å². The second-order valence-corrected chi connectivity index (χ2v) is 9.23. The van der Waals surface area contributed by atoms with Crippen molar-refractivity contribution in [2.24, 2.45) is 0 Å². The van der Waals surface area contributed by atoms with Crippen molar-refractivity contribution in [3.05, 3.63) is 63.2 Å². The molecule has 1 atom stereocenters. The lowest BCUT2D eigenvalue weighted by molar-refractivity contribution is -0.384. The van der Waals surface area contributed by atoms with Crippen LogP contribution in [-0.2, 0) is 4.79 Å². The molecule has 0 spiro atoms. The minimum atomic E-state index is -0.633. The van der Waals surface area contributed by atoms with Gasteiger partial charge in [-0.25, -0.2) is 0 Å². The van der Waals surface area contributed by atoms with Crippen molar-refractivity contribution in [2.45, 2.75) is 32.7 Å². The molecule has 2 heterocycles. The summed E-state index contributed by atoms with van der Waals surface area (Å²) in [7, 11) is 0. The van der Waals surface area contributed by atoms with Crippen LogP contribution in [0.25, 0.3) is 0 Å². The van der Waals surface area contributed by atoms with Crippen LogP contribution in [0.2, 0.25) is 0 Å². The van der Waals surface area contributed by atoms with Gasteiger partial charge in [0.2, 0.25) is 5.91 Å². The summed E-state index contributed by atoms with van der Waals surface area (Å²) in [5.41, 5.74) is 3.60. The number of thioether (sulfide) groups is 1. The molecule has 9 heteroatoms. The van der Waals surface area contributed by atoms with E-state index >= 15 is 0 Å². The smallest absolute Gasteiger partial charge is 0.293 e. The average Bonchev–Trinajstić information content (AvgIpc) is 3.47. The fraction of sp³-hybridized carbons (Fsp3) is 0.391. The number of aryl methyl sites for hydroxylation is 2. The van der Waals surface area contributed by atoms with E-state index in [9.17, 15) is 19.7 Å². The first-order valence-corrected chi connectivity index (χ1v) is 11.8. The molecule has 1 N–H and O–H groups in total. The first-order valence-electron chi connectivity index (χ1n) is 10.7. The van der Waals surface area contributed by atoms with Crippen LogP contribution in [0.1, 0.15) is 34.3 Å². The van der Waals surface area contributed by atoms with Gasteiger partial charge in [-0.1, -0.05) is 6.07 Å². The highest BCUT2D eigenvalue weighted by Gasteiger charge is 2.36. The molecule has 8 nitrogen and oxygen atoms in total. The van der Waals surface area contributed by atoms with Crippen LogP contribution in [0.15, 0.2) is 36.4 Å². The van der Waals surface area contributed by atoms with Crippen molar-refractivity contribution in [3.63, 3.8) is 0 Å². The third-order valence-corrected chi connectivity index (χ3v) is 7.10. The molecule has 0 aromatic heterocycles. The van der Waals surface area contributed by atoms with Gasteiger partial charge in [0.1, 0.15) is 11.7 Å². The number of hydrogen-bond donors (Lipinski definition) is 1. The summed E-state index contributed by atoms with van der Waals surface area (Å²) in [6, 6.07) is 9.69. The summed E-state index contributed by atoms with van der Waals surface area (Å²) in [6.45, 7) is 5.53. The van der Waals surface area contributed by atoms with E-state index in [2.05, 4.69) is 5.32 Å². The Morgan fingerprint density at radius 2 is 1.84 bits per heavy atom. The molecule has 2 saturated heterocycles. The van der Waals surface area contributed by atoms with Crippen molar-refractivity contribution in [1.29, 1.82) is 0 Å². The molecular weight excluding hydrogens is 428 g/mol. The molecule has 0 saturated carbocycles. The SMILES string of the molecule is Cc1ccc(NC(=O)C2CSCN2C(=O)c2ccc(N3CCCC3)c([N+](=O)[O-])c2)cc1C. The monoisotopic (exact) mass is 454 g/mol. The molecular formula is C23H26N4O4S. The molecule has 4 rings (SSSR count). The molecule has 0 radical (unpaired) electrons. The van der Waals surface area contributed by atoms with Gasteiger partial charge in [0.15, 0.2) is 0 Å². The van der Waals surface area contributed by atoms with Crippen LogP contribution in [-0.4, -0.2) is 52.4 Å². The second-order valence-electron chi connectivity index (χ2n) is 8.23. The van der Waals surface area contributed by atoms with E-state index < -0.39 is 11.0 Å². The number of carbonyl (C=O) groups excluding carboxylic acids is 2. The maximum absolute atomic E-state index is 13.2. The minimum Gasteiger partial charge on any atom is -0.366 e. The molecule has 2 aromatic carbocycles. The highest BCUT2D eigenvalue weighted by molar-refractivity contribution is 7.99. The highest BCUT2D eigenvalue weighted by atomic mass is 32.2. The molecule has 168 valence electrons. The molecule has 32 heavy (non-hydrogen) atoms. The van der Waals surface area contributed by atoms with Crippen LogP contribution in [0.4, 0.5) is 17.1 Å². The van der Waals surface area contributed by atoms with Gasteiger partial charge in [0.05, 0.1) is 10.8 Å². The minimum absolute atomic E-state index is 0.0688. The number of hydrogen-bond acceptors (Lipinski definition) is 6. The molecule has 2 aliphatic rings. The molecule has 0 bridgehead atoms. The van der Waals surface area contributed by atoms with E-state index in [0.29, 0.717) is 23.0 Å². The van der Waals surface area contributed by atoms with Gasteiger partial charge in [-0.15, -0.1) is 11.8 Å². The number of amides is 2. The van der Waals surface area contributed by atoms with Gasteiger partial charge in [0, 0.05) is 36.2 Å². The zero-order chi connectivity index (χ0) is 22.8. The van der Waals surface area contributed by atoms with Gasteiger partial charge >= 0.3 is 0 Å². The Morgan fingerprint density at radius 1 is 1.09 bits per heavy atom. The van der Waals surface area contributed by atoms with E-state index in [1.54, 1.807) is 12.1 Å². The van der Waals surface area contributed by atoms with E-state index in [1.165, 1.54) is 22.7 Å². The third kappa shape index (κ3) is 4.43. The number of rotatable bonds is 5. The fourth-order valence-electron chi connectivity index (χ4n) is 4.10. The summed E-state index contributed by atoms with van der Waals surface area (Å²) in [5.74, 6) is 0.225. The maximum Gasteiger partial charge on any atom is 0.293 e. The summed E-state index contributed by atoms with van der Waals surface area (Å²) in [6.07, 6.45) is 2.00. The Kier molecular flexibility index (Phi) is 6.36. The molecule has 0 aliphatic carbocycles. The molecule has 2 fully saturated rings. The number of anilines is 2. The standard InChI is InChI=1S/C23H26N4O4S/c1-15-5-7-18(11-16(15)2)24-22(28)21-13-32-14-26(21)23(29)17-6-8-19(20(12-17)27(30)31)25-9-3-4-10-25/h5-8,11-12,21H,3-4,9-10,13-14H2,1-2H3,(H,24,28). The lowest BCUT2D eigenvalue weighted by atomic mass is 10.1. The molecule has 2 aliphatic heterocycles. The Hall–Kier alpha value is -3.07. The topological polar surface area (TPSA) is 95.8 Å². The zero-order valence-electron chi connectivity index (χ0n) is 18.2. The van der Waals surface area contributed by atoms with Crippen LogP contribution in [0.3, 0.4) is 0 Å². The number of nitro benzene ring substituents is 1. The Labute approximate surface area is 191 Å². The Balaban J connectivity index is 1.53. The fourth-order valence-corrected chi connectivity index (χ4v) is 5.25. The average molecular weight is 455 g/mol. The van der Waals surface area contributed by atoms with Gasteiger partial charge in [-0.3, -0.25) is 19.7 Å². The Morgan fingerprint density at radius 3 is 2.53 bits per heavy atom. The molecule has 1 unspecified atom stereocenters. The second kappa shape index (κ2) is 9.20. The quantitative estimate of drug-likeness (QED) is 0.543. The predicted molar refractivity (Wildman–Crippen MR) is 126 cm³/mol. The van der Waals surface area contributed by atoms with Crippen molar-refractivity contribution < 1.29 is 14.5 Å². The van der Waals surface area contributed by atoms with E-state index in [4.69, 9.17) is 0 Å². The lowest BCUT2D eigenvalue weighted by Crippen LogP contribution is -2.44. The first kappa shape index (κ1) is 22.1. The van der Waals surface area contributed by atoms with Crippen LogP contribution < -0.4 is 10.2 Å². The molecule has 2 amide bonds. The van der Waals surface area contributed by atoms with E-state index in [-0.39, 0.29) is 23.1 Å². The zero-order valence-corrected chi connectivity index (χ0v) is 19.0. The number of benzene rings is 2. The Bertz CT molecular complexity index is 1070. The number of nitrogens with zero attached hydrogens (tertiary/aromatic N) is 3. The maximum atomic E-state index is 13.2. The van der Waals surface area contributed by atoms with E-state index in [1.807, 2.05) is 36.9 Å². The largest absolute Gasteiger partial charge is 0.366 e. The van der Waals surface area contributed by atoms with Crippen LogP contribution in [0, 0.1) is 24.0 Å². The number of nitrogens with one attached hydrogen (secondary N) is 1. The van der Waals surface area contributed by atoms with Gasteiger partial charge in [-0.05, 0) is 62.1 Å². The normalized spacial score (nSPS) is 18.1. The number of nitro groups is 1. The van der Waals surface area contributed by atoms with Gasteiger partial charge < -0.3 is 15.1 Å². The third-order valence-electron chi connectivity index (χ3n) is 6.09.